The quantitative estimate of drug-likeness (QED) is 0.328. The van der Waals surface area contributed by atoms with Crippen LogP contribution in [0.15, 0.2) is 0 Å². The van der Waals surface area contributed by atoms with Gasteiger partial charge in [-0.2, -0.15) is 0 Å². The van der Waals surface area contributed by atoms with E-state index in [9.17, 15) is 0 Å². The molecule has 4 N–H and O–H groups in total. The van der Waals surface area contributed by atoms with Gasteiger partial charge in [-0.3, -0.25) is 10.5 Å². The summed E-state index contributed by atoms with van der Waals surface area (Å²) in [4.78, 5) is 0. The molecule has 5 nitrogen and oxygen atoms in total. The molecule has 1 rings (SSSR count). The van der Waals surface area contributed by atoms with Crippen LogP contribution in [-0.4, -0.2) is 23.1 Å². The molecule has 0 unspecified atom stereocenters. The molecule has 1 heterocycles. The van der Waals surface area contributed by atoms with Crippen LogP contribution in [0.2, 0.25) is 0 Å². The van der Waals surface area contributed by atoms with Crippen LogP contribution in [0.1, 0.15) is 25.1 Å². The smallest absolute Gasteiger partial charge is 0.467 e. The number of nitrogen functional groups attached to an aromatic ring is 1. The van der Waals surface area contributed by atoms with E-state index in [2.05, 4.69) is 15.5 Å². The monoisotopic (exact) mass is 221 g/mol. The Hall–Kier alpha value is 0.116. The molecule has 0 aromatic carbocycles. The minimum atomic E-state index is -0.00292. The minimum Gasteiger partial charge on any atom is -0.467 e. The molecule has 1 aromatic heterocycles. The molecule has 6 heteroatoms. The van der Waals surface area contributed by atoms with Crippen LogP contribution in [0.3, 0.4) is 0 Å². The van der Waals surface area contributed by atoms with Gasteiger partial charge in [-0.25, -0.2) is 0 Å². The average Bonchev–Trinajstić information content (AvgIpc) is 2.50. The number of H-pyrrole nitrogens is 1. The second-order valence-electron chi connectivity index (χ2n) is 2.17. The first kappa shape index (κ1) is 16.5. The summed E-state index contributed by atoms with van der Waals surface area (Å²) in [7, 11) is 1.62. The van der Waals surface area contributed by atoms with E-state index < -0.39 is 0 Å². The molecule has 0 fully saturated rings. The number of hydrogen-bond donors (Lipinski definition) is 3. The van der Waals surface area contributed by atoms with E-state index in [1.165, 1.54) is 0 Å². The number of nitrogens with two attached hydrogens (primary N) is 1. The van der Waals surface area contributed by atoms with E-state index in [0.717, 1.165) is 0 Å². The molecule has 0 atom stereocenters. The fraction of sp³-hybridized carbons (Fsp3) is 0.500. The summed E-state index contributed by atoms with van der Waals surface area (Å²) in [5, 5.41) is 17.6. The van der Waals surface area contributed by atoms with Gasteiger partial charge in [-0.15, -0.1) is 0 Å². The van der Waals surface area contributed by atoms with Gasteiger partial charge in [-0.1, -0.05) is 20.9 Å². The molecule has 0 aliphatic rings. The molecule has 74 valence electrons. The van der Waals surface area contributed by atoms with Crippen molar-refractivity contribution in [2.75, 3.05) is 7.05 Å². The van der Waals surface area contributed by atoms with E-state index in [-0.39, 0.29) is 57.2 Å². The largest absolute Gasteiger partial charge is 1.00 e. The van der Waals surface area contributed by atoms with Crippen molar-refractivity contribution in [2.24, 2.45) is 5.73 Å². The van der Waals surface area contributed by atoms with Crippen LogP contribution in [-0.2, 0) is 0 Å². The van der Waals surface area contributed by atoms with Gasteiger partial charge in [0.1, 0.15) is 5.84 Å². The van der Waals surface area contributed by atoms with Crippen LogP contribution in [0.4, 0.5) is 5.82 Å². The van der Waals surface area contributed by atoms with E-state index in [0.29, 0.717) is 17.1 Å². The Bertz CT molecular complexity index is 281. The zero-order valence-electron chi connectivity index (χ0n) is 9.47. The number of amidine groups is 1. The molecular formula is C8H16KN5. The van der Waals surface area contributed by atoms with Crippen LogP contribution in [0.5, 0.6) is 0 Å². The summed E-state index contributed by atoms with van der Waals surface area (Å²) < 4.78 is 0. The second kappa shape index (κ2) is 8.43. The first-order chi connectivity index (χ1) is 6.16. The number of aromatic nitrogens is 2. The third kappa shape index (κ3) is 4.10. The van der Waals surface area contributed by atoms with E-state index in [1.54, 1.807) is 14.0 Å². The molecule has 14 heavy (non-hydrogen) atoms. The maximum absolute atomic E-state index is 7.19. The maximum Gasteiger partial charge on any atom is 1.00 e. The maximum atomic E-state index is 7.19. The van der Waals surface area contributed by atoms with Crippen LogP contribution in [0, 0.1) is 12.3 Å². The summed E-state index contributed by atoms with van der Waals surface area (Å²) in [6, 6.07) is 0. The number of nitrogens with zero attached hydrogens (tertiary/aromatic N) is 2. The fourth-order valence-electron chi connectivity index (χ4n) is 0.904. The molecule has 0 spiro atoms. The third-order valence-corrected chi connectivity index (χ3v) is 1.42. The molecule has 0 saturated heterocycles. The van der Waals surface area contributed by atoms with Crippen molar-refractivity contribution in [3.8, 4) is 0 Å². The predicted molar refractivity (Wildman–Crippen MR) is 54.6 cm³/mol. The standard InChI is InChI=1S/C6H10N5.C2H6.K/c1-3-4(5(7)8)6(9-2)11-10-3;1-2;/h1-2H3,(H4-,7,8,9,10,11);1-2H3;/q-1;;+1. The SMILES string of the molecule is CC.C[N-]c1[nH]nc(C)c1C(=N)N.[K+]. The Kier molecular flexibility index (Phi) is 9.96. The van der Waals surface area contributed by atoms with Crippen molar-refractivity contribution in [2.45, 2.75) is 20.8 Å². The number of hydrogen-bond acceptors (Lipinski definition) is 2. The van der Waals surface area contributed by atoms with E-state index in [1.807, 2.05) is 13.8 Å². The van der Waals surface area contributed by atoms with Crippen molar-refractivity contribution < 1.29 is 51.4 Å². The summed E-state index contributed by atoms with van der Waals surface area (Å²) in [5.74, 6) is 0.562. The minimum absolute atomic E-state index is 0. The first-order valence-electron chi connectivity index (χ1n) is 4.16. The van der Waals surface area contributed by atoms with Crippen molar-refractivity contribution in [1.82, 2.24) is 10.2 Å². The van der Waals surface area contributed by atoms with Crippen molar-refractivity contribution in [3.05, 3.63) is 16.6 Å². The van der Waals surface area contributed by atoms with Gasteiger partial charge in [0.2, 0.25) is 0 Å². The predicted octanol–water partition coefficient (Wildman–Crippen LogP) is -1.33. The molecule has 0 radical (unpaired) electrons. The van der Waals surface area contributed by atoms with Gasteiger partial charge < -0.3 is 16.1 Å². The Morgan fingerprint density at radius 2 is 2.00 bits per heavy atom. The third-order valence-electron chi connectivity index (χ3n) is 1.42. The first-order valence-corrected chi connectivity index (χ1v) is 4.16. The topological polar surface area (TPSA) is 92.6 Å². The van der Waals surface area contributed by atoms with Crippen LogP contribution >= 0.6 is 0 Å². The summed E-state index contributed by atoms with van der Waals surface area (Å²) in [5.41, 5.74) is 6.60. The van der Waals surface area contributed by atoms with E-state index >= 15 is 0 Å². The summed E-state index contributed by atoms with van der Waals surface area (Å²) >= 11 is 0. The van der Waals surface area contributed by atoms with Gasteiger partial charge in [0, 0.05) is 11.3 Å². The Labute approximate surface area is 127 Å². The summed E-state index contributed by atoms with van der Waals surface area (Å²) in [6.45, 7) is 5.78. The van der Waals surface area contributed by atoms with Crippen molar-refractivity contribution in [1.29, 1.82) is 5.41 Å². The van der Waals surface area contributed by atoms with Crippen LogP contribution < -0.4 is 57.1 Å². The molecule has 0 aliphatic heterocycles. The van der Waals surface area contributed by atoms with Crippen molar-refractivity contribution >= 4 is 11.7 Å². The zero-order chi connectivity index (χ0) is 10.4. The van der Waals surface area contributed by atoms with Gasteiger partial charge in [0.25, 0.3) is 0 Å². The molecule has 0 aliphatic carbocycles. The average molecular weight is 221 g/mol. The Morgan fingerprint density at radius 1 is 1.50 bits per heavy atom. The second-order valence-corrected chi connectivity index (χ2v) is 2.17. The zero-order valence-corrected chi connectivity index (χ0v) is 12.6. The number of nitrogens with one attached hydrogen (secondary N) is 2. The van der Waals surface area contributed by atoms with Gasteiger partial charge >= 0.3 is 51.4 Å². The normalized spacial score (nSPS) is 8.00. The van der Waals surface area contributed by atoms with Crippen molar-refractivity contribution in [3.63, 3.8) is 0 Å². The van der Waals surface area contributed by atoms with Gasteiger partial charge in [0.15, 0.2) is 0 Å². The molecule has 0 amide bonds. The molecule has 0 saturated carbocycles. The Balaban J connectivity index is 0. The number of aryl methyl sites for hydroxylation is 1. The number of aromatic amines is 1. The Morgan fingerprint density at radius 3 is 2.29 bits per heavy atom. The van der Waals surface area contributed by atoms with Crippen LogP contribution in [0.25, 0.3) is 5.32 Å². The molecule has 0 bridgehead atoms. The van der Waals surface area contributed by atoms with E-state index in [4.69, 9.17) is 11.1 Å². The fourth-order valence-corrected chi connectivity index (χ4v) is 0.904. The van der Waals surface area contributed by atoms with Gasteiger partial charge in [0.05, 0.1) is 0 Å². The summed E-state index contributed by atoms with van der Waals surface area (Å²) in [6.07, 6.45) is 0. The molecule has 1 aromatic rings. The molecular weight excluding hydrogens is 205 g/mol. The number of rotatable bonds is 2. The van der Waals surface area contributed by atoms with Gasteiger partial charge in [-0.05, 0) is 12.7 Å².